The number of carbonyl (C=O) groups excluding carboxylic acids is 1. The fourth-order valence-corrected chi connectivity index (χ4v) is 4.15. The summed E-state index contributed by atoms with van der Waals surface area (Å²) >= 11 is 0. The van der Waals surface area contributed by atoms with Gasteiger partial charge in [0, 0.05) is 6.42 Å². The first-order chi connectivity index (χ1) is 16.9. The Bertz CT molecular complexity index is 1490. The van der Waals surface area contributed by atoms with Crippen LogP contribution in [-0.2, 0) is 16.6 Å². The predicted octanol–water partition coefficient (Wildman–Crippen LogP) is 3.55. The van der Waals surface area contributed by atoms with Gasteiger partial charge in [0.25, 0.3) is 0 Å². The van der Waals surface area contributed by atoms with Crippen molar-refractivity contribution in [2.75, 3.05) is 11.1 Å². The first-order valence-corrected chi connectivity index (χ1v) is 10.6. The van der Waals surface area contributed by atoms with E-state index < -0.39 is 30.4 Å². The maximum atomic E-state index is 13.5. The van der Waals surface area contributed by atoms with Crippen LogP contribution in [0, 0.1) is 0 Å². The molecule has 1 amide bonds. The molecule has 4 aromatic rings. The van der Waals surface area contributed by atoms with Gasteiger partial charge in [-0.05, 0) is 18.9 Å². The normalized spacial score (nSPS) is 17.9. The molecule has 186 valence electrons. The lowest BCUT2D eigenvalue weighted by atomic mass is 9.78. The second-order valence-electron chi connectivity index (χ2n) is 8.40. The fourth-order valence-electron chi connectivity index (χ4n) is 4.15. The Morgan fingerprint density at radius 2 is 1.81 bits per heavy atom. The van der Waals surface area contributed by atoms with Gasteiger partial charge in [-0.3, -0.25) is 4.79 Å². The van der Waals surface area contributed by atoms with E-state index in [9.17, 15) is 26.7 Å². The summed E-state index contributed by atoms with van der Waals surface area (Å²) in [5.41, 5.74) is 5.95. The van der Waals surface area contributed by atoms with Crippen LogP contribution in [0.2, 0.25) is 0 Å². The van der Waals surface area contributed by atoms with E-state index in [1.807, 2.05) is 0 Å². The van der Waals surface area contributed by atoms with E-state index in [4.69, 9.17) is 5.73 Å². The van der Waals surface area contributed by atoms with Crippen LogP contribution in [-0.4, -0.2) is 47.6 Å². The summed E-state index contributed by atoms with van der Waals surface area (Å²) in [6, 6.07) is 8.89. The van der Waals surface area contributed by atoms with Crippen molar-refractivity contribution in [1.29, 1.82) is 0 Å². The number of amides is 1. The summed E-state index contributed by atoms with van der Waals surface area (Å²) < 4.78 is 66.2. The van der Waals surface area contributed by atoms with Gasteiger partial charge >= 0.3 is 12.1 Å². The molecule has 0 spiro atoms. The van der Waals surface area contributed by atoms with Crippen LogP contribution < -0.4 is 11.1 Å². The number of anilines is 2. The van der Waals surface area contributed by atoms with E-state index in [0.29, 0.717) is 11.1 Å². The summed E-state index contributed by atoms with van der Waals surface area (Å²) in [4.78, 5) is 29.7. The quantitative estimate of drug-likeness (QED) is 0.399. The number of rotatable bonds is 5. The minimum absolute atomic E-state index is 0.00427. The summed E-state index contributed by atoms with van der Waals surface area (Å²) in [6.45, 7) is 1.68. The first-order valence-electron chi connectivity index (χ1n) is 10.6. The number of nitrogens with one attached hydrogen (secondary N) is 1. The third kappa shape index (κ3) is 3.60. The van der Waals surface area contributed by atoms with E-state index in [0.717, 1.165) is 6.33 Å². The number of hydrogen-bond donors (Lipinski definition) is 2. The van der Waals surface area contributed by atoms with Gasteiger partial charge in [-0.1, -0.05) is 30.3 Å². The van der Waals surface area contributed by atoms with Crippen molar-refractivity contribution in [2.24, 2.45) is 0 Å². The molecule has 14 heteroatoms. The zero-order valence-electron chi connectivity index (χ0n) is 18.5. The van der Waals surface area contributed by atoms with E-state index in [1.165, 1.54) is 10.7 Å². The van der Waals surface area contributed by atoms with E-state index in [-0.39, 0.29) is 40.4 Å². The van der Waals surface area contributed by atoms with Crippen molar-refractivity contribution in [3.8, 4) is 11.5 Å². The number of fused-ring (bicyclic) bond motifs is 2. The summed E-state index contributed by atoms with van der Waals surface area (Å²) in [5, 5.41) is 6.62. The van der Waals surface area contributed by atoms with Crippen molar-refractivity contribution >= 4 is 23.2 Å². The van der Waals surface area contributed by atoms with Crippen molar-refractivity contribution in [3.63, 3.8) is 0 Å². The minimum atomic E-state index is -5.70. The minimum Gasteiger partial charge on any atom is -0.383 e. The summed E-state index contributed by atoms with van der Waals surface area (Å²) in [6.07, 6.45) is -5.53. The highest BCUT2D eigenvalue weighted by Gasteiger charge is 2.56. The standard InChI is InChI=1S/C22H17F5N8O/c1-20(11-5-3-2-4-6-11)14-15(28)32-16(33-17(14)34-19(20)36)13-9-35-18(29-10-30-35)12(31-13)7-8-21(23,24)22(25,26)27/h2-6,9-10H,7-8H2,1H3,(H3,28,32,33,34,36). The fraction of sp³-hybridized carbons (Fsp3) is 0.273. The smallest absolute Gasteiger partial charge is 0.383 e. The van der Waals surface area contributed by atoms with Crippen molar-refractivity contribution in [1.82, 2.24) is 29.5 Å². The number of nitrogen functional groups attached to an aromatic ring is 1. The van der Waals surface area contributed by atoms with Gasteiger partial charge in [0.1, 0.15) is 29.1 Å². The number of nitrogens with two attached hydrogens (primary N) is 1. The van der Waals surface area contributed by atoms with Gasteiger partial charge in [-0.25, -0.2) is 24.5 Å². The van der Waals surface area contributed by atoms with Crippen molar-refractivity contribution < 1.29 is 26.7 Å². The van der Waals surface area contributed by atoms with E-state index in [2.05, 4.69) is 30.4 Å². The highest BCUT2D eigenvalue weighted by atomic mass is 19.4. The molecule has 0 bridgehead atoms. The Morgan fingerprint density at radius 1 is 1.08 bits per heavy atom. The zero-order valence-corrected chi connectivity index (χ0v) is 18.5. The van der Waals surface area contributed by atoms with Crippen LogP contribution in [0.1, 0.15) is 30.2 Å². The SMILES string of the molecule is CC1(c2ccccc2)C(=O)Nc2nc(-c3cn4ncnc4c(CCC(F)(F)C(F)(F)F)n3)nc(N)c21. The van der Waals surface area contributed by atoms with Crippen LogP contribution >= 0.6 is 0 Å². The number of alkyl halides is 5. The third-order valence-electron chi connectivity index (χ3n) is 6.12. The molecule has 0 saturated heterocycles. The third-order valence-corrected chi connectivity index (χ3v) is 6.12. The Kier molecular flexibility index (Phi) is 5.16. The lowest BCUT2D eigenvalue weighted by Crippen LogP contribution is -2.36. The monoisotopic (exact) mass is 504 g/mol. The molecular weight excluding hydrogens is 487 g/mol. The van der Waals surface area contributed by atoms with Crippen molar-refractivity contribution in [3.05, 3.63) is 59.7 Å². The van der Waals surface area contributed by atoms with Gasteiger partial charge < -0.3 is 11.1 Å². The number of carbonyl (C=O) groups is 1. The van der Waals surface area contributed by atoms with Gasteiger partial charge in [0.2, 0.25) is 5.91 Å². The second-order valence-corrected chi connectivity index (χ2v) is 8.40. The van der Waals surface area contributed by atoms with E-state index in [1.54, 1.807) is 37.3 Å². The summed E-state index contributed by atoms with van der Waals surface area (Å²) in [5.74, 6) is -5.26. The molecule has 5 rings (SSSR count). The van der Waals surface area contributed by atoms with Gasteiger partial charge in [0.05, 0.1) is 17.5 Å². The highest BCUT2D eigenvalue weighted by Crippen LogP contribution is 2.45. The molecular formula is C22H17F5N8O. The molecule has 3 N–H and O–H groups in total. The first kappa shape index (κ1) is 23.5. The number of hydrogen-bond acceptors (Lipinski definition) is 7. The molecule has 0 radical (unpaired) electrons. The lowest BCUT2D eigenvalue weighted by Gasteiger charge is -2.23. The van der Waals surface area contributed by atoms with Crippen LogP contribution in [0.25, 0.3) is 17.2 Å². The topological polar surface area (TPSA) is 124 Å². The molecule has 3 aromatic heterocycles. The highest BCUT2D eigenvalue weighted by molar-refractivity contribution is 6.09. The maximum absolute atomic E-state index is 13.5. The molecule has 0 aliphatic carbocycles. The molecule has 4 heterocycles. The predicted molar refractivity (Wildman–Crippen MR) is 117 cm³/mol. The molecule has 1 aliphatic rings. The van der Waals surface area contributed by atoms with Crippen LogP contribution in [0.15, 0.2) is 42.9 Å². The lowest BCUT2D eigenvalue weighted by molar-refractivity contribution is -0.284. The Hall–Kier alpha value is -4.23. The molecule has 1 aromatic carbocycles. The van der Waals surface area contributed by atoms with Gasteiger partial charge in [-0.2, -0.15) is 27.1 Å². The molecule has 36 heavy (non-hydrogen) atoms. The molecule has 0 fully saturated rings. The van der Waals surface area contributed by atoms with Crippen molar-refractivity contribution in [2.45, 2.75) is 37.3 Å². The molecule has 1 atom stereocenters. The molecule has 9 nitrogen and oxygen atoms in total. The molecule has 0 saturated carbocycles. The number of halogens is 5. The largest absolute Gasteiger partial charge is 0.453 e. The zero-order chi connectivity index (χ0) is 25.9. The number of aromatic nitrogens is 6. The number of benzene rings is 1. The summed E-state index contributed by atoms with van der Waals surface area (Å²) in [7, 11) is 0. The van der Waals surface area contributed by atoms with Gasteiger partial charge in [-0.15, -0.1) is 0 Å². The van der Waals surface area contributed by atoms with Crippen LogP contribution in [0.3, 0.4) is 0 Å². The maximum Gasteiger partial charge on any atom is 0.453 e. The Morgan fingerprint density at radius 3 is 2.50 bits per heavy atom. The average Bonchev–Trinajstić information content (AvgIpc) is 3.40. The van der Waals surface area contributed by atoms with Crippen LogP contribution in [0.5, 0.6) is 0 Å². The Labute approximate surface area is 199 Å². The Balaban J connectivity index is 1.57. The molecule has 1 aliphatic heterocycles. The van der Waals surface area contributed by atoms with E-state index >= 15 is 0 Å². The average molecular weight is 504 g/mol. The van der Waals surface area contributed by atoms with Gasteiger partial charge in [0.15, 0.2) is 11.5 Å². The molecule has 1 unspecified atom stereocenters. The number of aryl methyl sites for hydroxylation is 1. The van der Waals surface area contributed by atoms with Crippen LogP contribution in [0.4, 0.5) is 33.6 Å². The second kappa shape index (κ2) is 7.90. The number of nitrogens with zero attached hydrogens (tertiary/aromatic N) is 6.